The van der Waals surface area contributed by atoms with Gasteiger partial charge in [0.1, 0.15) is 0 Å². The van der Waals surface area contributed by atoms with E-state index in [-0.39, 0.29) is 5.54 Å². The van der Waals surface area contributed by atoms with Crippen molar-refractivity contribution >= 4 is 0 Å². The second-order valence-corrected chi connectivity index (χ2v) is 5.57. The Labute approximate surface area is 103 Å². The average Bonchev–Trinajstić information content (AvgIpc) is 2.18. The first-order valence-electron chi connectivity index (χ1n) is 6.88. The summed E-state index contributed by atoms with van der Waals surface area (Å²) in [6.45, 7) is 19.4. The molecule has 0 bridgehead atoms. The van der Waals surface area contributed by atoms with Crippen molar-refractivity contribution < 1.29 is 0 Å². The van der Waals surface area contributed by atoms with Crippen LogP contribution in [0.15, 0.2) is 0 Å². The molecule has 0 spiro atoms. The summed E-state index contributed by atoms with van der Waals surface area (Å²) < 4.78 is 0. The van der Waals surface area contributed by atoms with Crippen LogP contribution in [0.25, 0.3) is 0 Å². The van der Waals surface area contributed by atoms with Crippen LogP contribution >= 0.6 is 0 Å². The van der Waals surface area contributed by atoms with Crippen LogP contribution in [0.1, 0.15) is 54.9 Å². The molecule has 0 radical (unpaired) electrons. The van der Waals surface area contributed by atoms with Crippen LogP contribution in [-0.4, -0.2) is 36.1 Å². The van der Waals surface area contributed by atoms with E-state index in [9.17, 15) is 0 Å². The summed E-state index contributed by atoms with van der Waals surface area (Å²) in [6.07, 6.45) is 1.25. The fourth-order valence-corrected chi connectivity index (χ4v) is 2.60. The van der Waals surface area contributed by atoms with E-state index in [1.165, 1.54) is 6.42 Å². The van der Waals surface area contributed by atoms with E-state index >= 15 is 0 Å². The molecule has 1 atom stereocenters. The van der Waals surface area contributed by atoms with Gasteiger partial charge in [0, 0.05) is 11.6 Å². The third-order valence-electron chi connectivity index (χ3n) is 3.59. The minimum absolute atomic E-state index is 0.240. The van der Waals surface area contributed by atoms with Gasteiger partial charge in [-0.1, -0.05) is 34.6 Å². The van der Waals surface area contributed by atoms with Crippen molar-refractivity contribution in [1.82, 2.24) is 10.2 Å². The highest BCUT2D eigenvalue weighted by molar-refractivity contribution is 4.93. The molecule has 0 aromatic carbocycles. The number of hydrogen-bond donors (Lipinski definition) is 1. The molecule has 0 heterocycles. The smallest absolute Gasteiger partial charge is 0.0306 e. The van der Waals surface area contributed by atoms with Crippen LogP contribution in [0.5, 0.6) is 0 Å². The quantitative estimate of drug-likeness (QED) is 0.686. The van der Waals surface area contributed by atoms with Gasteiger partial charge in [-0.05, 0) is 45.8 Å². The minimum atomic E-state index is 0.240. The molecule has 0 aliphatic carbocycles. The lowest BCUT2D eigenvalue weighted by Crippen LogP contribution is -2.58. The van der Waals surface area contributed by atoms with Crippen molar-refractivity contribution in [3.63, 3.8) is 0 Å². The summed E-state index contributed by atoms with van der Waals surface area (Å²) in [5.74, 6) is 0.749. The van der Waals surface area contributed by atoms with E-state index in [1.807, 2.05) is 0 Å². The molecule has 0 amide bonds. The van der Waals surface area contributed by atoms with Crippen LogP contribution in [0, 0.1) is 5.92 Å². The lowest BCUT2D eigenvalue weighted by Gasteiger charge is -2.44. The summed E-state index contributed by atoms with van der Waals surface area (Å²) in [4.78, 5) is 2.56. The van der Waals surface area contributed by atoms with Gasteiger partial charge in [-0.25, -0.2) is 0 Å². The average molecular weight is 228 g/mol. The Morgan fingerprint density at radius 1 is 1.06 bits per heavy atom. The standard InChI is InChI=1S/C14H32N2/c1-8-15-13(11-12(4)5)14(6,7)16(9-2)10-3/h12-13,15H,8-11H2,1-7H3. The monoisotopic (exact) mass is 228 g/mol. The zero-order chi connectivity index (χ0) is 12.8. The van der Waals surface area contributed by atoms with Crippen LogP contribution < -0.4 is 5.32 Å². The maximum atomic E-state index is 3.66. The van der Waals surface area contributed by atoms with E-state index in [0.29, 0.717) is 6.04 Å². The zero-order valence-corrected chi connectivity index (χ0v) is 12.4. The van der Waals surface area contributed by atoms with E-state index in [4.69, 9.17) is 0 Å². The van der Waals surface area contributed by atoms with Crippen LogP contribution in [-0.2, 0) is 0 Å². The Balaban J connectivity index is 4.71. The summed E-state index contributed by atoms with van der Waals surface area (Å²) in [6, 6.07) is 0.581. The molecular weight excluding hydrogens is 196 g/mol. The molecule has 2 heteroatoms. The lowest BCUT2D eigenvalue weighted by atomic mass is 9.86. The Bertz CT molecular complexity index is 172. The van der Waals surface area contributed by atoms with Crippen molar-refractivity contribution in [2.75, 3.05) is 19.6 Å². The fraction of sp³-hybridized carbons (Fsp3) is 1.00. The van der Waals surface area contributed by atoms with Gasteiger partial charge in [-0.3, -0.25) is 4.90 Å². The van der Waals surface area contributed by atoms with Crippen molar-refractivity contribution in [3.8, 4) is 0 Å². The number of nitrogens with zero attached hydrogens (tertiary/aromatic N) is 1. The second-order valence-electron chi connectivity index (χ2n) is 5.57. The fourth-order valence-electron chi connectivity index (χ4n) is 2.60. The van der Waals surface area contributed by atoms with Crippen LogP contribution in [0.2, 0.25) is 0 Å². The highest BCUT2D eigenvalue weighted by Gasteiger charge is 2.33. The van der Waals surface area contributed by atoms with Crippen LogP contribution in [0.4, 0.5) is 0 Å². The van der Waals surface area contributed by atoms with Crippen molar-refractivity contribution in [1.29, 1.82) is 0 Å². The van der Waals surface area contributed by atoms with Gasteiger partial charge in [-0.2, -0.15) is 0 Å². The molecule has 98 valence electrons. The summed E-state index contributed by atoms with van der Waals surface area (Å²) >= 11 is 0. The van der Waals surface area contributed by atoms with Gasteiger partial charge in [0.25, 0.3) is 0 Å². The third-order valence-corrected chi connectivity index (χ3v) is 3.59. The first-order chi connectivity index (χ1) is 7.39. The van der Waals surface area contributed by atoms with E-state index in [1.54, 1.807) is 0 Å². The normalized spacial score (nSPS) is 14.8. The van der Waals surface area contributed by atoms with E-state index in [0.717, 1.165) is 25.6 Å². The molecule has 0 aromatic rings. The molecule has 0 aromatic heterocycles. The van der Waals surface area contributed by atoms with Gasteiger partial charge in [0.05, 0.1) is 0 Å². The van der Waals surface area contributed by atoms with Gasteiger partial charge in [0.2, 0.25) is 0 Å². The van der Waals surface area contributed by atoms with Crippen molar-refractivity contribution in [2.24, 2.45) is 5.92 Å². The molecule has 1 N–H and O–H groups in total. The molecule has 1 unspecified atom stereocenters. The van der Waals surface area contributed by atoms with Crippen molar-refractivity contribution in [3.05, 3.63) is 0 Å². The Hall–Kier alpha value is -0.0800. The van der Waals surface area contributed by atoms with Gasteiger partial charge in [-0.15, -0.1) is 0 Å². The predicted octanol–water partition coefficient (Wildman–Crippen LogP) is 3.13. The first kappa shape index (κ1) is 15.9. The second kappa shape index (κ2) is 7.29. The minimum Gasteiger partial charge on any atom is -0.312 e. The summed E-state index contributed by atoms with van der Waals surface area (Å²) in [5.41, 5.74) is 0.240. The summed E-state index contributed by atoms with van der Waals surface area (Å²) in [5, 5.41) is 3.66. The largest absolute Gasteiger partial charge is 0.312 e. The first-order valence-corrected chi connectivity index (χ1v) is 6.88. The number of nitrogens with one attached hydrogen (secondary N) is 1. The summed E-state index contributed by atoms with van der Waals surface area (Å²) in [7, 11) is 0. The van der Waals surface area contributed by atoms with Crippen LogP contribution in [0.3, 0.4) is 0 Å². The number of likely N-dealkylation sites (N-methyl/N-ethyl adjacent to an activating group) is 2. The lowest BCUT2D eigenvalue weighted by molar-refractivity contribution is 0.0827. The maximum absolute atomic E-state index is 3.66. The highest BCUT2D eigenvalue weighted by Crippen LogP contribution is 2.23. The molecular formula is C14H32N2. The molecule has 0 rings (SSSR count). The van der Waals surface area contributed by atoms with Crippen molar-refractivity contribution in [2.45, 2.75) is 66.5 Å². The maximum Gasteiger partial charge on any atom is 0.0306 e. The van der Waals surface area contributed by atoms with Gasteiger partial charge < -0.3 is 5.32 Å². The third kappa shape index (κ3) is 4.42. The Morgan fingerprint density at radius 3 is 1.88 bits per heavy atom. The topological polar surface area (TPSA) is 15.3 Å². The molecule has 0 aliphatic heterocycles. The van der Waals surface area contributed by atoms with E-state index < -0.39 is 0 Å². The number of hydrogen-bond acceptors (Lipinski definition) is 2. The predicted molar refractivity (Wildman–Crippen MR) is 73.9 cm³/mol. The number of rotatable bonds is 8. The molecule has 0 saturated carbocycles. The Kier molecular flexibility index (Phi) is 7.25. The molecule has 16 heavy (non-hydrogen) atoms. The highest BCUT2D eigenvalue weighted by atomic mass is 15.2. The van der Waals surface area contributed by atoms with Gasteiger partial charge in [0.15, 0.2) is 0 Å². The molecule has 0 aliphatic rings. The Morgan fingerprint density at radius 2 is 1.56 bits per heavy atom. The molecule has 0 saturated heterocycles. The molecule has 0 fully saturated rings. The molecule has 2 nitrogen and oxygen atoms in total. The van der Waals surface area contributed by atoms with Gasteiger partial charge >= 0.3 is 0 Å². The zero-order valence-electron chi connectivity index (χ0n) is 12.4. The van der Waals surface area contributed by atoms with E-state index in [2.05, 4.69) is 58.7 Å². The SMILES string of the molecule is CCNC(CC(C)C)C(C)(C)N(CC)CC.